The van der Waals surface area contributed by atoms with Crippen molar-refractivity contribution in [2.45, 2.75) is 38.0 Å². The molecule has 3 rings (SSSR count). The van der Waals surface area contributed by atoms with Crippen molar-refractivity contribution in [3.8, 4) is 0 Å². The second-order valence-electron chi connectivity index (χ2n) is 6.73. The van der Waals surface area contributed by atoms with Gasteiger partial charge in [-0.05, 0) is 41.8 Å². The molecule has 2 aromatic carbocycles. The first kappa shape index (κ1) is 20.6. The average Bonchev–Trinajstić information content (AvgIpc) is 2.67. The minimum atomic E-state index is -1.03. The molecule has 1 saturated heterocycles. The van der Waals surface area contributed by atoms with Gasteiger partial charge < -0.3 is 14.7 Å². The molecule has 148 valence electrons. The highest BCUT2D eigenvalue weighted by molar-refractivity contribution is 6.30. The molecule has 1 N–H and O–H groups in total. The SMILES string of the molecule is CCCC(C(=O)O)N1C(=O)CO[C@@H](c2cccc(Cl)c2)[C@H]1c1ccc(Cl)cc1. The van der Waals surface area contributed by atoms with Crippen LogP contribution in [-0.2, 0) is 14.3 Å². The molecule has 28 heavy (non-hydrogen) atoms. The first-order valence-corrected chi connectivity index (χ1v) is 9.84. The molecule has 1 amide bonds. The minimum absolute atomic E-state index is 0.186. The Labute approximate surface area is 173 Å². The zero-order valence-corrected chi connectivity index (χ0v) is 16.9. The van der Waals surface area contributed by atoms with E-state index >= 15 is 0 Å². The number of nitrogens with zero attached hydrogens (tertiary/aromatic N) is 1. The van der Waals surface area contributed by atoms with Gasteiger partial charge in [-0.3, -0.25) is 4.79 Å². The van der Waals surface area contributed by atoms with Crippen LogP contribution in [0.5, 0.6) is 0 Å². The third kappa shape index (κ3) is 4.32. The summed E-state index contributed by atoms with van der Waals surface area (Å²) >= 11 is 12.2. The van der Waals surface area contributed by atoms with Gasteiger partial charge in [-0.1, -0.05) is 60.8 Å². The monoisotopic (exact) mass is 421 g/mol. The zero-order chi connectivity index (χ0) is 20.3. The summed E-state index contributed by atoms with van der Waals surface area (Å²) < 4.78 is 5.89. The fraction of sp³-hybridized carbons (Fsp3) is 0.333. The summed E-state index contributed by atoms with van der Waals surface area (Å²) in [6.07, 6.45) is 0.445. The van der Waals surface area contributed by atoms with Gasteiger partial charge >= 0.3 is 5.97 Å². The number of amides is 1. The molecule has 1 aliphatic heterocycles. The van der Waals surface area contributed by atoms with E-state index in [1.54, 1.807) is 42.5 Å². The molecule has 0 saturated carbocycles. The highest BCUT2D eigenvalue weighted by atomic mass is 35.5. The zero-order valence-electron chi connectivity index (χ0n) is 15.3. The van der Waals surface area contributed by atoms with E-state index in [-0.39, 0.29) is 12.5 Å². The molecule has 2 aromatic rings. The van der Waals surface area contributed by atoms with E-state index in [4.69, 9.17) is 27.9 Å². The lowest BCUT2D eigenvalue weighted by Gasteiger charge is -2.44. The maximum absolute atomic E-state index is 12.8. The maximum atomic E-state index is 12.8. The Balaban J connectivity index is 2.12. The van der Waals surface area contributed by atoms with Gasteiger partial charge in [0.25, 0.3) is 0 Å². The predicted octanol–water partition coefficient (Wildman–Crippen LogP) is 4.89. The van der Waals surface area contributed by atoms with Gasteiger partial charge in [-0.25, -0.2) is 4.79 Å². The number of carboxylic acid groups (broad SMARTS) is 1. The van der Waals surface area contributed by atoms with E-state index in [1.165, 1.54) is 4.90 Å². The summed E-state index contributed by atoms with van der Waals surface area (Å²) in [6, 6.07) is 12.7. The van der Waals surface area contributed by atoms with Crippen LogP contribution in [0.25, 0.3) is 0 Å². The maximum Gasteiger partial charge on any atom is 0.326 e. The van der Waals surface area contributed by atoms with Crippen LogP contribution >= 0.6 is 23.2 Å². The van der Waals surface area contributed by atoms with E-state index < -0.39 is 24.2 Å². The summed E-state index contributed by atoms with van der Waals surface area (Å²) in [5.41, 5.74) is 1.54. The van der Waals surface area contributed by atoms with Crippen molar-refractivity contribution in [3.05, 3.63) is 69.7 Å². The molecule has 1 aliphatic rings. The first-order chi connectivity index (χ1) is 13.4. The molecule has 1 heterocycles. The highest BCUT2D eigenvalue weighted by Crippen LogP contribution is 2.42. The summed E-state index contributed by atoms with van der Waals surface area (Å²) in [5.74, 6) is -1.38. The Kier molecular flexibility index (Phi) is 6.60. The number of benzene rings is 2. The molecule has 0 bridgehead atoms. The Morgan fingerprint density at radius 2 is 1.89 bits per heavy atom. The van der Waals surface area contributed by atoms with Crippen LogP contribution in [0, 0.1) is 0 Å². The molecule has 1 unspecified atom stereocenters. The van der Waals surface area contributed by atoms with Crippen molar-refractivity contribution < 1.29 is 19.4 Å². The van der Waals surface area contributed by atoms with Crippen LogP contribution < -0.4 is 0 Å². The molecular formula is C21H21Cl2NO4. The summed E-state index contributed by atoms with van der Waals surface area (Å²) in [4.78, 5) is 26.2. The molecule has 7 heteroatoms. The second-order valence-corrected chi connectivity index (χ2v) is 7.60. The third-order valence-corrected chi connectivity index (χ3v) is 5.32. The van der Waals surface area contributed by atoms with Gasteiger partial charge in [-0.2, -0.15) is 0 Å². The lowest BCUT2D eigenvalue weighted by molar-refractivity contribution is -0.171. The quantitative estimate of drug-likeness (QED) is 0.720. The number of carboxylic acids is 1. The summed E-state index contributed by atoms with van der Waals surface area (Å²) in [5, 5.41) is 10.9. The van der Waals surface area contributed by atoms with Gasteiger partial charge in [0.1, 0.15) is 18.8 Å². The van der Waals surface area contributed by atoms with Crippen LogP contribution in [0.1, 0.15) is 43.0 Å². The first-order valence-electron chi connectivity index (χ1n) is 9.09. The van der Waals surface area contributed by atoms with Crippen molar-refractivity contribution in [2.24, 2.45) is 0 Å². The molecule has 0 radical (unpaired) electrons. The number of ether oxygens (including phenoxy) is 1. The van der Waals surface area contributed by atoms with E-state index in [0.29, 0.717) is 22.9 Å². The van der Waals surface area contributed by atoms with Crippen LogP contribution in [0.2, 0.25) is 10.0 Å². The number of rotatable bonds is 6. The Morgan fingerprint density at radius 1 is 1.18 bits per heavy atom. The van der Waals surface area contributed by atoms with Crippen molar-refractivity contribution in [1.82, 2.24) is 4.90 Å². The summed E-state index contributed by atoms with van der Waals surface area (Å²) in [7, 11) is 0. The van der Waals surface area contributed by atoms with Crippen LogP contribution in [0.4, 0.5) is 0 Å². The fourth-order valence-corrected chi connectivity index (χ4v) is 3.93. The molecule has 1 fully saturated rings. The third-order valence-electron chi connectivity index (χ3n) is 4.83. The number of hydrogen-bond acceptors (Lipinski definition) is 3. The van der Waals surface area contributed by atoms with Gasteiger partial charge in [0.15, 0.2) is 0 Å². The number of halogens is 2. The number of carbonyl (C=O) groups is 2. The van der Waals surface area contributed by atoms with Gasteiger partial charge in [0, 0.05) is 10.0 Å². The largest absolute Gasteiger partial charge is 0.480 e. The van der Waals surface area contributed by atoms with Crippen LogP contribution in [0.15, 0.2) is 48.5 Å². The topological polar surface area (TPSA) is 66.8 Å². The van der Waals surface area contributed by atoms with E-state index in [9.17, 15) is 14.7 Å². The normalized spacial score (nSPS) is 20.8. The van der Waals surface area contributed by atoms with E-state index in [2.05, 4.69) is 0 Å². The van der Waals surface area contributed by atoms with Gasteiger partial charge in [-0.15, -0.1) is 0 Å². The van der Waals surface area contributed by atoms with Crippen molar-refractivity contribution in [1.29, 1.82) is 0 Å². The molecule has 0 spiro atoms. The molecule has 0 aromatic heterocycles. The smallest absolute Gasteiger partial charge is 0.326 e. The number of carbonyl (C=O) groups excluding carboxylic acids is 1. The van der Waals surface area contributed by atoms with Gasteiger partial charge in [0.2, 0.25) is 5.91 Å². The van der Waals surface area contributed by atoms with Gasteiger partial charge in [0.05, 0.1) is 6.04 Å². The number of aliphatic carboxylic acids is 1. The fourth-order valence-electron chi connectivity index (χ4n) is 3.61. The standard InChI is InChI=1S/C21H21Cl2NO4/c1-2-4-17(21(26)27)24-18(25)12-28-20(14-5-3-6-16(23)11-14)19(24)13-7-9-15(22)10-8-13/h3,5-11,17,19-20H,2,4,12H2,1H3,(H,26,27)/t17?,19-,20+/m1/s1. The molecule has 3 atom stereocenters. The average molecular weight is 422 g/mol. The Bertz CT molecular complexity index is 856. The molecule has 0 aliphatic carbocycles. The lowest BCUT2D eigenvalue weighted by atomic mass is 9.91. The Morgan fingerprint density at radius 3 is 2.50 bits per heavy atom. The van der Waals surface area contributed by atoms with Crippen molar-refractivity contribution in [2.75, 3.05) is 6.61 Å². The lowest BCUT2D eigenvalue weighted by Crippen LogP contribution is -2.53. The minimum Gasteiger partial charge on any atom is -0.480 e. The number of morpholine rings is 1. The van der Waals surface area contributed by atoms with Crippen molar-refractivity contribution in [3.63, 3.8) is 0 Å². The van der Waals surface area contributed by atoms with E-state index in [1.807, 2.05) is 13.0 Å². The predicted molar refractivity (Wildman–Crippen MR) is 108 cm³/mol. The number of hydrogen-bond donors (Lipinski definition) is 1. The van der Waals surface area contributed by atoms with E-state index in [0.717, 1.165) is 11.1 Å². The molecule has 5 nitrogen and oxygen atoms in total. The van der Waals surface area contributed by atoms with Crippen LogP contribution in [-0.4, -0.2) is 34.5 Å². The summed E-state index contributed by atoms with van der Waals surface area (Å²) in [6.45, 7) is 1.71. The highest BCUT2D eigenvalue weighted by Gasteiger charge is 2.44. The van der Waals surface area contributed by atoms with Crippen LogP contribution in [0.3, 0.4) is 0 Å². The Hall–Kier alpha value is -2.08. The second kappa shape index (κ2) is 8.95. The molecular weight excluding hydrogens is 401 g/mol. The van der Waals surface area contributed by atoms with Crippen molar-refractivity contribution >= 4 is 35.1 Å².